The fourth-order valence-corrected chi connectivity index (χ4v) is 1.68. The lowest BCUT2D eigenvalue weighted by Crippen LogP contribution is -2.41. The number of ether oxygens (including phenoxy) is 1. The van der Waals surface area contributed by atoms with E-state index >= 15 is 0 Å². The standard InChI is InChI=1S/C9H11F2N3O3/c1-4-6(15)9(10,11)7(17-4)14-3-2-5(12)13-8(14)16/h2-4,6-7,15H,1H3,(H2,12,13,16)/t4?,6-,7?/m1/s1. The summed E-state index contributed by atoms with van der Waals surface area (Å²) >= 11 is 0. The Labute approximate surface area is 94.6 Å². The second-order valence-corrected chi connectivity index (χ2v) is 3.86. The van der Waals surface area contributed by atoms with Gasteiger partial charge in [-0.15, -0.1) is 0 Å². The lowest BCUT2D eigenvalue weighted by Gasteiger charge is -2.20. The quantitative estimate of drug-likeness (QED) is 0.713. The summed E-state index contributed by atoms with van der Waals surface area (Å²) in [4.78, 5) is 14.7. The summed E-state index contributed by atoms with van der Waals surface area (Å²) in [5.41, 5.74) is 4.30. The molecule has 1 aliphatic rings. The Morgan fingerprint density at radius 3 is 2.76 bits per heavy atom. The molecule has 1 aromatic rings. The van der Waals surface area contributed by atoms with Crippen molar-refractivity contribution < 1.29 is 18.6 Å². The van der Waals surface area contributed by atoms with Crippen LogP contribution in [0.1, 0.15) is 13.2 Å². The van der Waals surface area contributed by atoms with Crippen LogP contribution in [-0.4, -0.2) is 32.8 Å². The van der Waals surface area contributed by atoms with Crippen LogP contribution in [-0.2, 0) is 4.74 Å². The number of alkyl halides is 2. The molecular weight excluding hydrogens is 236 g/mol. The molecule has 0 aromatic carbocycles. The monoisotopic (exact) mass is 247 g/mol. The summed E-state index contributed by atoms with van der Waals surface area (Å²) in [5.74, 6) is -3.62. The Hall–Kier alpha value is -1.54. The molecule has 0 saturated carbocycles. The van der Waals surface area contributed by atoms with Crippen LogP contribution in [0.15, 0.2) is 17.1 Å². The van der Waals surface area contributed by atoms with Crippen molar-refractivity contribution in [3.63, 3.8) is 0 Å². The molecule has 1 fully saturated rings. The average Bonchev–Trinajstić information content (AvgIpc) is 2.43. The van der Waals surface area contributed by atoms with Gasteiger partial charge in [0.05, 0.1) is 6.10 Å². The van der Waals surface area contributed by atoms with Gasteiger partial charge in [0.1, 0.15) is 11.9 Å². The lowest BCUT2D eigenvalue weighted by molar-refractivity contribution is -0.140. The molecule has 17 heavy (non-hydrogen) atoms. The molecule has 1 saturated heterocycles. The van der Waals surface area contributed by atoms with E-state index in [0.717, 1.165) is 6.20 Å². The van der Waals surface area contributed by atoms with Crippen molar-refractivity contribution in [2.75, 3.05) is 5.73 Å². The number of nitrogen functional groups attached to an aromatic ring is 1. The van der Waals surface area contributed by atoms with Gasteiger partial charge in [0.2, 0.25) is 6.23 Å². The molecule has 8 heteroatoms. The molecule has 94 valence electrons. The van der Waals surface area contributed by atoms with Crippen LogP contribution < -0.4 is 11.4 Å². The smallest absolute Gasteiger partial charge is 0.351 e. The highest BCUT2D eigenvalue weighted by atomic mass is 19.3. The van der Waals surface area contributed by atoms with Gasteiger partial charge in [0, 0.05) is 6.20 Å². The largest absolute Gasteiger partial charge is 0.384 e. The van der Waals surface area contributed by atoms with E-state index in [1.54, 1.807) is 0 Å². The van der Waals surface area contributed by atoms with E-state index < -0.39 is 30.0 Å². The van der Waals surface area contributed by atoms with Crippen molar-refractivity contribution in [2.24, 2.45) is 0 Å². The third-order valence-corrected chi connectivity index (χ3v) is 2.62. The fraction of sp³-hybridized carbons (Fsp3) is 0.556. The number of hydrogen-bond donors (Lipinski definition) is 2. The van der Waals surface area contributed by atoms with Crippen molar-refractivity contribution in [3.8, 4) is 0 Å². The number of rotatable bonds is 1. The van der Waals surface area contributed by atoms with Crippen LogP contribution in [0.3, 0.4) is 0 Å². The molecule has 3 N–H and O–H groups in total. The van der Waals surface area contributed by atoms with Crippen LogP contribution in [0.25, 0.3) is 0 Å². The number of aliphatic hydroxyl groups excluding tert-OH is 1. The third-order valence-electron chi connectivity index (χ3n) is 2.62. The van der Waals surface area contributed by atoms with Crippen molar-refractivity contribution in [2.45, 2.75) is 31.3 Å². The third kappa shape index (κ3) is 1.79. The molecule has 0 spiro atoms. The highest BCUT2D eigenvalue weighted by Gasteiger charge is 2.58. The maximum Gasteiger partial charge on any atom is 0.351 e. The lowest BCUT2D eigenvalue weighted by atomic mass is 10.1. The minimum absolute atomic E-state index is 0.0684. The topological polar surface area (TPSA) is 90.4 Å². The van der Waals surface area contributed by atoms with Crippen molar-refractivity contribution in [1.29, 1.82) is 0 Å². The zero-order valence-electron chi connectivity index (χ0n) is 8.88. The highest BCUT2D eigenvalue weighted by Crippen LogP contribution is 2.41. The van der Waals surface area contributed by atoms with Gasteiger partial charge < -0.3 is 15.6 Å². The van der Waals surface area contributed by atoms with Gasteiger partial charge in [0.15, 0.2) is 0 Å². The first-order valence-corrected chi connectivity index (χ1v) is 4.90. The van der Waals surface area contributed by atoms with Crippen LogP contribution in [0.2, 0.25) is 0 Å². The summed E-state index contributed by atoms with van der Waals surface area (Å²) in [5, 5.41) is 9.27. The zero-order chi connectivity index (χ0) is 12.8. The minimum atomic E-state index is -3.55. The zero-order valence-corrected chi connectivity index (χ0v) is 8.88. The number of aliphatic hydroxyl groups is 1. The Morgan fingerprint density at radius 2 is 2.29 bits per heavy atom. The van der Waals surface area contributed by atoms with E-state index in [4.69, 9.17) is 10.5 Å². The molecule has 6 nitrogen and oxygen atoms in total. The molecule has 3 atom stereocenters. The Bertz CT molecular complexity index is 491. The van der Waals surface area contributed by atoms with Crippen LogP contribution >= 0.6 is 0 Å². The first-order chi connectivity index (χ1) is 7.84. The number of anilines is 1. The Kier molecular flexibility index (Phi) is 2.63. The number of hydrogen-bond acceptors (Lipinski definition) is 5. The summed E-state index contributed by atoms with van der Waals surface area (Å²) in [6, 6.07) is 1.20. The molecule has 1 aliphatic heterocycles. The van der Waals surface area contributed by atoms with E-state index in [2.05, 4.69) is 4.98 Å². The molecule has 2 rings (SSSR count). The van der Waals surface area contributed by atoms with E-state index in [1.165, 1.54) is 13.0 Å². The fourth-order valence-electron chi connectivity index (χ4n) is 1.68. The van der Waals surface area contributed by atoms with Crippen molar-refractivity contribution >= 4 is 5.82 Å². The second kappa shape index (κ2) is 3.74. The van der Waals surface area contributed by atoms with Gasteiger partial charge in [-0.05, 0) is 13.0 Å². The van der Waals surface area contributed by atoms with Gasteiger partial charge in [-0.25, -0.2) is 4.79 Å². The van der Waals surface area contributed by atoms with Crippen molar-refractivity contribution in [1.82, 2.24) is 9.55 Å². The molecule has 0 aliphatic carbocycles. The summed E-state index contributed by atoms with van der Waals surface area (Å²) in [6.07, 6.45) is -3.84. The summed E-state index contributed by atoms with van der Waals surface area (Å²) in [7, 11) is 0. The van der Waals surface area contributed by atoms with Crippen LogP contribution in [0.5, 0.6) is 0 Å². The maximum absolute atomic E-state index is 13.6. The molecule has 2 heterocycles. The van der Waals surface area contributed by atoms with Gasteiger partial charge in [0.25, 0.3) is 0 Å². The van der Waals surface area contributed by atoms with E-state index in [9.17, 15) is 18.7 Å². The normalized spacial score (nSPS) is 31.6. The number of aromatic nitrogens is 2. The predicted octanol–water partition coefficient (Wildman–Crippen LogP) is -0.261. The number of nitrogens with zero attached hydrogens (tertiary/aromatic N) is 2. The Morgan fingerprint density at radius 1 is 1.65 bits per heavy atom. The number of halogens is 2. The SMILES string of the molecule is CC1OC(n2ccc(N)nc2=O)C(F)(F)[C@@H]1O. The first-order valence-electron chi connectivity index (χ1n) is 4.90. The van der Waals surface area contributed by atoms with Crippen LogP contribution in [0, 0.1) is 0 Å². The summed E-state index contributed by atoms with van der Waals surface area (Å²) in [6.45, 7) is 1.30. The number of nitrogens with two attached hydrogens (primary N) is 1. The van der Waals surface area contributed by atoms with Crippen molar-refractivity contribution in [3.05, 3.63) is 22.7 Å². The van der Waals surface area contributed by atoms with E-state index in [-0.39, 0.29) is 5.82 Å². The molecule has 0 bridgehead atoms. The van der Waals surface area contributed by atoms with Gasteiger partial charge >= 0.3 is 11.6 Å². The molecule has 1 aromatic heterocycles. The van der Waals surface area contributed by atoms with E-state index in [0.29, 0.717) is 4.57 Å². The molecule has 0 radical (unpaired) electrons. The predicted molar refractivity (Wildman–Crippen MR) is 53.4 cm³/mol. The molecule has 0 amide bonds. The maximum atomic E-state index is 13.6. The Balaban J connectivity index is 2.45. The van der Waals surface area contributed by atoms with Gasteiger partial charge in [-0.3, -0.25) is 4.57 Å². The average molecular weight is 247 g/mol. The van der Waals surface area contributed by atoms with Crippen LogP contribution in [0.4, 0.5) is 14.6 Å². The molecular formula is C9H11F2N3O3. The minimum Gasteiger partial charge on any atom is -0.384 e. The first kappa shape index (κ1) is 11.9. The molecule has 2 unspecified atom stereocenters. The summed E-state index contributed by atoms with van der Waals surface area (Å²) < 4.78 is 32.7. The highest BCUT2D eigenvalue weighted by molar-refractivity contribution is 5.23. The van der Waals surface area contributed by atoms with E-state index in [1.807, 2.05) is 0 Å². The van der Waals surface area contributed by atoms with Gasteiger partial charge in [-0.1, -0.05) is 0 Å². The van der Waals surface area contributed by atoms with Gasteiger partial charge in [-0.2, -0.15) is 13.8 Å². The second-order valence-electron chi connectivity index (χ2n) is 3.86.